The molecule has 40 heavy (non-hydrogen) atoms. The van der Waals surface area contributed by atoms with Crippen LogP contribution in [-0.2, 0) is 16.2 Å². The number of carboxylic acid groups (broad SMARTS) is 1. The van der Waals surface area contributed by atoms with Gasteiger partial charge in [-0.2, -0.15) is 0 Å². The minimum absolute atomic E-state index is 0.00172. The maximum atomic E-state index is 12.9. The highest BCUT2D eigenvalue weighted by Gasteiger charge is 2.35. The number of nitrogens with zero attached hydrogens (tertiary/aromatic N) is 1. The predicted octanol–water partition coefficient (Wildman–Crippen LogP) is 4.96. The number of hydrogen-bond donors (Lipinski definition) is 3. The Balaban J connectivity index is 1.49. The highest BCUT2D eigenvalue weighted by atomic mass is 79.9. The fourth-order valence-corrected chi connectivity index (χ4v) is 4.55. The van der Waals surface area contributed by atoms with Crippen molar-refractivity contribution < 1.29 is 33.8 Å². The number of carbonyl (C=O) groups excluding carboxylic acids is 3. The van der Waals surface area contributed by atoms with E-state index in [2.05, 4.69) is 26.6 Å². The predicted molar refractivity (Wildman–Crippen MR) is 151 cm³/mol. The largest absolute Gasteiger partial charge is 0.490 e. The standard InChI is InChI=1S/C29H26BrN3O7/c1-3-39-24-14-19(12-22(30)26(24)40-16-18-7-5-8-20(11-18)28(36)37)13-23-27(35)33(29(38)32-23)15-25(34)31-21-9-4-6-17(2)10-21/h4-14H,3,15-16H2,1-2H3,(H,31,34)(H,32,38)(H,36,37)/b23-13+. The maximum absolute atomic E-state index is 12.9. The van der Waals surface area contributed by atoms with Crippen LogP contribution in [0.15, 0.2) is 70.8 Å². The number of nitrogens with one attached hydrogen (secondary N) is 2. The Labute approximate surface area is 238 Å². The Bertz CT molecular complexity index is 1520. The summed E-state index contributed by atoms with van der Waals surface area (Å²) in [5, 5.41) is 14.4. The fraction of sp³-hybridized carbons (Fsp3) is 0.172. The molecule has 1 saturated heterocycles. The SMILES string of the molecule is CCOc1cc(/C=C2/NC(=O)N(CC(=O)Nc3cccc(C)c3)C2=O)cc(Br)c1OCc1cccc(C(=O)O)c1. The summed E-state index contributed by atoms with van der Waals surface area (Å²) in [5.41, 5.74) is 2.87. The number of halogens is 1. The van der Waals surface area contributed by atoms with Crippen molar-refractivity contribution in [1.29, 1.82) is 0 Å². The van der Waals surface area contributed by atoms with E-state index in [-0.39, 0.29) is 17.9 Å². The van der Waals surface area contributed by atoms with E-state index in [1.54, 1.807) is 49.4 Å². The van der Waals surface area contributed by atoms with E-state index < -0.39 is 30.4 Å². The molecule has 0 radical (unpaired) electrons. The molecule has 0 spiro atoms. The van der Waals surface area contributed by atoms with E-state index >= 15 is 0 Å². The van der Waals surface area contributed by atoms with Crippen LogP contribution in [0.3, 0.4) is 0 Å². The summed E-state index contributed by atoms with van der Waals surface area (Å²) in [6, 6.07) is 16.2. The molecular formula is C29H26BrN3O7. The molecule has 0 aliphatic carbocycles. The van der Waals surface area contributed by atoms with E-state index in [9.17, 15) is 24.3 Å². The van der Waals surface area contributed by atoms with Crippen LogP contribution >= 0.6 is 15.9 Å². The van der Waals surface area contributed by atoms with Crippen molar-refractivity contribution in [2.45, 2.75) is 20.5 Å². The molecule has 1 aliphatic rings. The first-order valence-corrected chi connectivity index (χ1v) is 13.1. The van der Waals surface area contributed by atoms with Gasteiger partial charge in [0.15, 0.2) is 11.5 Å². The van der Waals surface area contributed by atoms with Crippen LogP contribution in [0, 0.1) is 6.92 Å². The van der Waals surface area contributed by atoms with Gasteiger partial charge < -0.3 is 25.2 Å². The molecule has 11 heteroatoms. The Hall–Kier alpha value is -4.64. The van der Waals surface area contributed by atoms with Crippen LogP contribution in [0.4, 0.5) is 10.5 Å². The van der Waals surface area contributed by atoms with Crippen molar-refractivity contribution in [2.75, 3.05) is 18.5 Å². The molecule has 4 amide bonds. The Morgan fingerprint density at radius 3 is 2.58 bits per heavy atom. The van der Waals surface area contributed by atoms with Gasteiger partial charge in [-0.15, -0.1) is 0 Å². The van der Waals surface area contributed by atoms with E-state index in [1.165, 1.54) is 18.2 Å². The highest BCUT2D eigenvalue weighted by molar-refractivity contribution is 9.10. The van der Waals surface area contributed by atoms with E-state index in [0.717, 1.165) is 10.5 Å². The molecular weight excluding hydrogens is 582 g/mol. The molecule has 0 atom stereocenters. The molecule has 206 valence electrons. The number of amides is 4. The first-order chi connectivity index (χ1) is 19.1. The third kappa shape index (κ3) is 6.86. The van der Waals surface area contributed by atoms with E-state index in [4.69, 9.17) is 9.47 Å². The summed E-state index contributed by atoms with van der Waals surface area (Å²) in [6.45, 7) is 3.67. The van der Waals surface area contributed by atoms with Gasteiger partial charge in [0.1, 0.15) is 18.8 Å². The monoisotopic (exact) mass is 607 g/mol. The number of anilines is 1. The molecule has 0 bridgehead atoms. The summed E-state index contributed by atoms with van der Waals surface area (Å²) in [5.74, 6) is -1.41. The van der Waals surface area contributed by atoms with Crippen LogP contribution in [-0.4, -0.2) is 47.0 Å². The molecule has 0 unspecified atom stereocenters. The number of ether oxygens (including phenoxy) is 2. The van der Waals surface area contributed by atoms with Gasteiger partial charge in [0.2, 0.25) is 5.91 Å². The van der Waals surface area contributed by atoms with Gasteiger partial charge in [-0.05, 0) is 88.9 Å². The smallest absolute Gasteiger partial charge is 0.335 e. The number of carbonyl (C=O) groups is 4. The first-order valence-electron chi connectivity index (χ1n) is 12.3. The zero-order chi connectivity index (χ0) is 28.8. The zero-order valence-electron chi connectivity index (χ0n) is 21.7. The summed E-state index contributed by atoms with van der Waals surface area (Å²) in [6.07, 6.45) is 1.48. The van der Waals surface area contributed by atoms with Gasteiger partial charge in [-0.1, -0.05) is 24.3 Å². The van der Waals surface area contributed by atoms with Crippen LogP contribution < -0.4 is 20.1 Å². The maximum Gasteiger partial charge on any atom is 0.335 e. The van der Waals surface area contributed by atoms with Gasteiger partial charge in [0.25, 0.3) is 5.91 Å². The van der Waals surface area contributed by atoms with Crippen molar-refractivity contribution in [3.8, 4) is 11.5 Å². The van der Waals surface area contributed by atoms with Gasteiger partial charge in [0, 0.05) is 5.69 Å². The quantitative estimate of drug-likeness (QED) is 0.219. The lowest BCUT2D eigenvalue weighted by atomic mass is 10.1. The molecule has 3 N–H and O–H groups in total. The molecule has 0 aromatic heterocycles. The molecule has 1 fully saturated rings. The third-order valence-electron chi connectivity index (χ3n) is 5.77. The number of carboxylic acids is 1. The van der Waals surface area contributed by atoms with Crippen molar-refractivity contribution in [1.82, 2.24) is 10.2 Å². The van der Waals surface area contributed by atoms with E-state index in [0.29, 0.717) is 39.4 Å². The number of aryl methyl sites for hydroxylation is 1. The number of imide groups is 1. The average molecular weight is 608 g/mol. The van der Waals surface area contributed by atoms with Gasteiger partial charge in [0.05, 0.1) is 16.6 Å². The molecule has 3 aromatic rings. The summed E-state index contributed by atoms with van der Waals surface area (Å²) in [7, 11) is 0. The Morgan fingerprint density at radius 2 is 1.85 bits per heavy atom. The lowest BCUT2D eigenvalue weighted by Crippen LogP contribution is -2.38. The normalized spacial score (nSPS) is 13.8. The highest BCUT2D eigenvalue weighted by Crippen LogP contribution is 2.38. The second-order valence-electron chi connectivity index (χ2n) is 8.85. The summed E-state index contributed by atoms with van der Waals surface area (Å²) < 4.78 is 12.2. The zero-order valence-corrected chi connectivity index (χ0v) is 23.3. The van der Waals surface area contributed by atoms with Crippen molar-refractivity contribution in [3.63, 3.8) is 0 Å². The van der Waals surface area contributed by atoms with Gasteiger partial charge in [-0.25, -0.2) is 14.5 Å². The molecule has 10 nitrogen and oxygen atoms in total. The van der Waals surface area contributed by atoms with Gasteiger partial charge >= 0.3 is 12.0 Å². The average Bonchev–Trinajstić information content (AvgIpc) is 3.15. The molecule has 1 heterocycles. The van der Waals surface area contributed by atoms with Crippen LogP contribution in [0.5, 0.6) is 11.5 Å². The van der Waals surface area contributed by atoms with E-state index in [1.807, 2.05) is 13.0 Å². The Morgan fingerprint density at radius 1 is 1.07 bits per heavy atom. The minimum atomic E-state index is -1.03. The summed E-state index contributed by atoms with van der Waals surface area (Å²) in [4.78, 5) is 50.0. The lowest BCUT2D eigenvalue weighted by Gasteiger charge is -2.15. The number of rotatable bonds is 10. The first kappa shape index (κ1) is 28.4. The van der Waals surface area contributed by atoms with Crippen molar-refractivity contribution in [2.24, 2.45) is 0 Å². The Kier molecular flexibility index (Phi) is 8.85. The molecule has 1 aliphatic heterocycles. The van der Waals surface area contributed by atoms with Crippen molar-refractivity contribution >= 4 is 51.5 Å². The second kappa shape index (κ2) is 12.5. The lowest BCUT2D eigenvalue weighted by molar-refractivity contribution is -0.127. The number of benzene rings is 3. The van der Waals surface area contributed by atoms with Gasteiger partial charge in [-0.3, -0.25) is 9.59 Å². The van der Waals surface area contributed by atoms with Crippen molar-refractivity contribution in [3.05, 3.63) is 93.1 Å². The summed E-state index contributed by atoms with van der Waals surface area (Å²) >= 11 is 3.47. The number of aromatic carboxylic acids is 1. The minimum Gasteiger partial charge on any atom is -0.490 e. The molecule has 0 saturated carbocycles. The van der Waals surface area contributed by atoms with Crippen LogP contribution in [0.1, 0.15) is 34.0 Å². The number of hydrogen-bond acceptors (Lipinski definition) is 6. The second-order valence-corrected chi connectivity index (χ2v) is 9.71. The fourth-order valence-electron chi connectivity index (χ4n) is 3.97. The molecule has 3 aromatic carbocycles. The topological polar surface area (TPSA) is 134 Å². The van der Waals surface area contributed by atoms with Crippen LogP contribution in [0.2, 0.25) is 0 Å². The van der Waals surface area contributed by atoms with Crippen LogP contribution in [0.25, 0.3) is 6.08 Å². The molecule has 4 rings (SSSR count). The third-order valence-corrected chi connectivity index (χ3v) is 6.35. The number of urea groups is 1.